The van der Waals surface area contributed by atoms with Crippen molar-refractivity contribution in [3.05, 3.63) is 24.3 Å². The summed E-state index contributed by atoms with van der Waals surface area (Å²) in [5, 5.41) is 16.3. The quantitative estimate of drug-likeness (QED) is 0.472. The molecule has 1 aromatic carbocycles. The third kappa shape index (κ3) is 6.50. The monoisotopic (exact) mass is 503 g/mol. The van der Waals surface area contributed by atoms with Crippen molar-refractivity contribution in [3.63, 3.8) is 0 Å². The van der Waals surface area contributed by atoms with Crippen LogP contribution in [0.25, 0.3) is 10.9 Å². The van der Waals surface area contributed by atoms with E-state index in [0.29, 0.717) is 79.1 Å². The summed E-state index contributed by atoms with van der Waals surface area (Å²) in [4.78, 5) is 44.7. The number of piperazine rings is 1. The van der Waals surface area contributed by atoms with Crippen LogP contribution in [0.2, 0.25) is 0 Å². The second-order valence-electron chi connectivity index (χ2n) is 7.96. The van der Waals surface area contributed by atoms with Gasteiger partial charge in [0.15, 0.2) is 11.5 Å². The second kappa shape index (κ2) is 12.0. The number of carboxylic acid groups (broad SMARTS) is 2. The summed E-state index contributed by atoms with van der Waals surface area (Å²) in [5.41, 5.74) is 6.87. The van der Waals surface area contributed by atoms with E-state index in [2.05, 4.69) is 9.97 Å². The number of benzene rings is 1. The van der Waals surface area contributed by atoms with Gasteiger partial charge >= 0.3 is 11.9 Å². The van der Waals surface area contributed by atoms with Crippen molar-refractivity contribution >= 4 is 40.5 Å². The Morgan fingerprint density at radius 1 is 1.03 bits per heavy atom. The van der Waals surface area contributed by atoms with Gasteiger partial charge in [-0.1, -0.05) is 0 Å². The van der Waals surface area contributed by atoms with Gasteiger partial charge in [0, 0.05) is 56.4 Å². The van der Waals surface area contributed by atoms with Gasteiger partial charge in [-0.25, -0.2) is 14.6 Å². The molecule has 13 heteroatoms. The molecule has 1 unspecified atom stereocenters. The number of carboxylic acids is 2. The number of carbonyl (C=O) groups excluding carboxylic acids is 1. The fourth-order valence-corrected chi connectivity index (χ4v) is 3.85. The molecule has 1 amide bonds. The highest BCUT2D eigenvalue weighted by molar-refractivity contribution is 5.92. The van der Waals surface area contributed by atoms with Crippen LogP contribution < -0.4 is 20.1 Å². The molecule has 0 bridgehead atoms. The third-order valence-electron chi connectivity index (χ3n) is 5.67. The molecule has 2 aliphatic heterocycles. The lowest BCUT2D eigenvalue weighted by Crippen LogP contribution is -2.51. The predicted molar refractivity (Wildman–Crippen MR) is 129 cm³/mol. The van der Waals surface area contributed by atoms with E-state index >= 15 is 0 Å². The van der Waals surface area contributed by atoms with E-state index in [4.69, 9.17) is 30.2 Å². The number of fused-ring (bicyclic) bond motifs is 1. The van der Waals surface area contributed by atoms with E-state index in [-0.39, 0.29) is 12.0 Å². The number of ether oxygens (including phenoxy) is 3. The first-order valence-electron chi connectivity index (χ1n) is 11.2. The maximum Gasteiger partial charge on any atom is 0.328 e. The van der Waals surface area contributed by atoms with Crippen molar-refractivity contribution in [2.75, 3.05) is 57.6 Å². The van der Waals surface area contributed by atoms with Crippen LogP contribution in [-0.2, 0) is 19.1 Å². The summed E-state index contributed by atoms with van der Waals surface area (Å²) in [6, 6.07) is 3.58. The Bertz CT molecular complexity index is 1130. The smallest absolute Gasteiger partial charge is 0.328 e. The number of carbonyl (C=O) groups is 3. The van der Waals surface area contributed by atoms with Gasteiger partial charge in [0.1, 0.15) is 11.9 Å². The maximum absolute atomic E-state index is 12.5. The number of methoxy groups -OCH3 is 2. The molecule has 1 aromatic heterocycles. The Hall–Kier alpha value is -4.13. The number of aromatic nitrogens is 2. The summed E-state index contributed by atoms with van der Waals surface area (Å²) >= 11 is 0. The van der Waals surface area contributed by atoms with E-state index in [1.54, 1.807) is 26.4 Å². The van der Waals surface area contributed by atoms with Crippen LogP contribution >= 0.6 is 0 Å². The van der Waals surface area contributed by atoms with Gasteiger partial charge in [0.25, 0.3) is 5.91 Å². The molecule has 0 saturated carbocycles. The molecule has 194 valence electrons. The first kappa shape index (κ1) is 26.5. The Morgan fingerprint density at radius 2 is 1.64 bits per heavy atom. The molecule has 2 saturated heterocycles. The van der Waals surface area contributed by atoms with Gasteiger partial charge in [-0.15, -0.1) is 0 Å². The van der Waals surface area contributed by atoms with Crippen LogP contribution in [0.3, 0.4) is 0 Å². The first-order chi connectivity index (χ1) is 17.2. The molecule has 4 N–H and O–H groups in total. The van der Waals surface area contributed by atoms with E-state index in [1.165, 1.54) is 0 Å². The lowest BCUT2D eigenvalue weighted by Gasteiger charge is -2.35. The molecule has 13 nitrogen and oxygen atoms in total. The molecule has 2 aromatic rings. The fourth-order valence-electron chi connectivity index (χ4n) is 3.85. The zero-order chi connectivity index (χ0) is 26.2. The molecule has 2 aliphatic rings. The summed E-state index contributed by atoms with van der Waals surface area (Å²) in [6.45, 7) is 3.21. The zero-order valence-corrected chi connectivity index (χ0v) is 20.0. The van der Waals surface area contributed by atoms with Crippen LogP contribution in [0.15, 0.2) is 24.3 Å². The van der Waals surface area contributed by atoms with Crippen LogP contribution in [0.4, 0.5) is 11.8 Å². The number of anilines is 2. The largest absolute Gasteiger partial charge is 0.493 e. The number of hydrogen-bond donors (Lipinski definition) is 3. The summed E-state index contributed by atoms with van der Waals surface area (Å²) < 4.78 is 16.2. The lowest BCUT2D eigenvalue weighted by atomic mass is 10.2. The van der Waals surface area contributed by atoms with Gasteiger partial charge in [-0.3, -0.25) is 4.79 Å². The summed E-state index contributed by atoms with van der Waals surface area (Å²) in [5.74, 6) is -0.307. The van der Waals surface area contributed by atoms with Gasteiger partial charge in [0.2, 0.25) is 5.95 Å². The Balaban J connectivity index is 0.000000392. The van der Waals surface area contributed by atoms with E-state index < -0.39 is 11.9 Å². The molecule has 0 aliphatic carbocycles. The SMILES string of the molecule is COc1cc2nc(N3CCN(C(=O)C4CCCO4)CC3)nc(N)c2cc1OC.O=C(O)/C=C/C(=O)O. The number of nitrogen functional groups attached to an aromatic ring is 1. The van der Waals surface area contributed by atoms with E-state index in [0.717, 1.165) is 12.8 Å². The molecule has 36 heavy (non-hydrogen) atoms. The van der Waals surface area contributed by atoms with Gasteiger partial charge < -0.3 is 40.0 Å². The summed E-state index contributed by atoms with van der Waals surface area (Å²) in [7, 11) is 3.16. The minimum Gasteiger partial charge on any atom is -0.493 e. The standard InChI is InChI=1S/C19H25N5O4.C4H4O4/c1-26-15-10-12-13(11-16(15)27-2)21-19(22-17(12)20)24-7-5-23(6-8-24)18(25)14-4-3-9-28-14;5-3(6)1-2-4(7)8/h10-11,14H,3-9H2,1-2H3,(H2,20,21,22);1-2H,(H,5,6)(H,7,8)/b;2-1+. The molecule has 3 heterocycles. The van der Waals surface area contributed by atoms with Crippen molar-refractivity contribution < 1.29 is 38.8 Å². The predicted octanol–water partition coefficient (Wildman–Crippen LogP) is 0.769. The highest BCUT2D eigenvalue weighted by Gasteiger charge is 2.31. The minimum atomic E-state index is -1.26. The molecule has 1 atom stereocenters. The Kier molecular flexibility index (Phi) is 8.84. The average molecular weight is 504 g/mol. The number of nitrogens with zero attached hydrogens (tertiary/aromatic N) is 4. The highest BCUT2D eigenvalue weighted by atomic mass is 16.5. The number of nitrogens with two attached hydrogens (primary N) is 1. The van der Waals surface area contributed by atoms with Crippen molar-refractivity contribution in [1.82, 2.24) is 14.9 Å². The second-order valence-corrected chi connectivity index (χ2v) is 7.96. The van der Waals surface area contributed by atoms with Crippen LogP contribution in [0, 0.1) is 0 Å². The van der Waals surface area contributed by atoms with Crippen LogP contribution in [0.5, 0.6) is 11.5 Å². The van der Waals surface area contributed by atoms with Crippen LogP contribution in [0.1, 0.15) is 12.8 Å². The highest BCUT2D eigenvalue weighted by Crippen LogP contribution is 2.34. The average Bonchev–Trinajstić information content (AvgIpc) is 3.42. The third-order valence-corrected chi connectivity index (χ3v) is 5.67. The van der Waals surface area contributed by atoms with Crippen molar-refractivity contribution in [1.29, 1.82) is 0 Å². The van der Waals surface area contributed by atoms with Crippen molar-refractivity contribution in [2.24, 2.45) is 0 Å². The summed E-state index contributed by atoms with van der Waals surface area (Å²) in [6.07, 6.45) is 2.61. The number of rotatable bonds is 6. The van der Waals surface area contributed by atoms with Gasteiger partial charge in [0.05, 0.1) is 19.7 Å². The van der Waals surface area contributed by atoms with E-state index in [1.807, 2.05) is 9.80 Å². The van der Waals surface area contributed by atoms with Gasteiger partial charge in [-0.05, 0) is 18.9 Å². The van der Waals surface area contributed by atoms with Crippen molar-refractivity contribution in [2.45, 2.75) is 18.9 Å². The topological polar surface area (TPSA) is 178 Å². The number of hydrogen-bond acceptors (Lipinski definition) is 10. The Morgan fingerprint density at radius 3 is 2.17 bits per heavy atom. The number of amides is 1. The first-order valence-corrected chi connectivity index (χ1v) is 11.2. The molecule has 2 fully saturated rings. The minimum absolute atomic E-state index is 0.0907. The van der Waals surface area contributed by atoms with Crippen LogP contribution in [-0.4, -0.2) is 96.0 Å². The van der Waals surface area contributed by atoms with Crippen molar-refractivity contribution in [3.8, 4) is 11.5 Å². The fraction of sp³-hybridized carbons (Fsp3) is 0.435. The Labute approximate surface area is 207 Å². The molecule has 0 radical (unpaired) electrons. The molecule has 0 spiro atoms. The molecular weight excluding hydrogens is 474 g/mol. The molecule has 4 rings (SSSR count). The molecular formula is C23H29N5O8. The van der Waals surface area contributed by atoms with E-state index in [9.17, 15) is 14.4 Å². The normalized spacial score (nSPS) is 17.6. The maximum atomic E-state index is 12.5. The number of aliphatic carboxylic acids is 2. The lowest BCUT2D eigenvalue weighted by molar-refractivity contribution is -0.141. The zero-order valence-electron chi connectivity index (χ0n) is 20.0. The van der Waals surface area contributed by atoms with Gasteiger partial charge in [-0.2, -0.15) is 4.98 Å².